The smallest absolute Gasteiger partial charge is 0.0326 e. The van der Waals surface area contributed by atoms with Crippen LogP contribution >= 0.6 is 0 Å². The van der Waals surface area contributed by atoms with Gasteiger partial charge in [-0.05, 0) is 41.9 Å². The van der Waals surface area contributed by atoms with E-state index in [1.54, 1.807) is 0 Å². The molecule has 23 heavy (non-hydrogen) atoms. The first kappa shape index (κ1) is 23.0. The minimum atomic E-state index is 0.567. The van der Waals surface area contributed by atoms with Gasteiger partial charge in [0.1, 0.15) is 0 Å². The highest BCUT2D eigenvalue weighted by atomic mass is 14.3. The predicted octanol–water partition coefficient (Wildman–Crippen LogP) is 8.50. The molecule has 5 unspecified atom stereocenters. The van der Waals surface area contributed by atoms with Crippen LogP contribution in [0.4, 0.5) is 0 Å². The van der Waals surface area contributed by atoms with Crippen LogP contribution in [0.3, 0.4) is 0 Å². The van der Waals surface area contributed by atoms with Crippen LogP contribution < -0.4 is 0 Å². The summed E-state index contributed by atoms with van der Waals surface area (Å²) in [6.45, 7) is 19.5. The summed E-state index contributed by atoms with van der Waals surface area (Å²) in [7, 11) is 0. The molecule has 140 valence electrons. The Labute approximate surface area is 149 Å². The van der Waals surface area contributed by atoms with Crippen molar-refractivity contribution in [3.8, 4) is 0 Å². The third-order valence-corrected chi connectivity index (χ3v) is 6.91. The topological polar surface area (TPSA) is 0 Å². The Morgan fingerprint density at radius 2 is 1.43 bits per heavy atom. The summed E-state index contributed by atoms with van der Waals surface area (Å²) >= 11 is 0. The number of rotatable bonds is 14. The molecule has 0 heteroatoms. The van der Waals surface area contributed by atoms with Crippen molar-refractivity contribution in [1.29, 1.82) is 0 Å². The van der Waals surface area contributed by atoms with E-state index in [9.17, 15) is 0 Å². The lowest BCUT2D eigenvalue weighted by molar-refractivity contribution is 0.151. The molecule has 0 N–H and O–H groups in total. The van der Waals surface area contributed by atoms with Gasteiger partial charge in [0, 0.05) is 0 Å². The highest BCUT2D eigenvalue weighted by Crippen LogP contribution is 2.39. The van der Waals surface area contributed by atoms with Crippen LogP contribution in [-0.4, -0.2) is 0 Å². The molecular formula is C23H48. The van der Waals surface area contributed by atoms with Gasteiger partial charge in [-0.3, -0.25) is 0 Å². The molecule has 5 atom stereocenters. The van der Waals surface area contributed by atoms with Crippen LogP contribution in [0, 0.1) is 29.1 Å². The van der Waals surface area contributed by atoms with Gasteiger partial charge in [-0.1, -0.05) is 107 Å². The van der Waals surface area contributed by atoms with Crippen molar-refractivity contribution in [3.05, 3.63) is 0 Å². The molecule has 0 saturated carbocycles. The van der Waals surface area contributed by atoms with E-state index >= 15 is 0 Å². The van der Waals surface area contributed by atoms with Crippen molar-refractivity contribution in [2.75, 3.05) is 0 Å². The second-order valence-electron chi connectivity index (χ2n) is 9.08. The van der Waals surface area contributed by atoms with Gasteiger partial charge in [0.25, 0.3) is 0 Å². The van der Waals surface area contributed by atoms with Gasteiger partial charge in [-0.25, -0.2) is 0 Å². The Balaban J connectivity index is 4.35. The Morgan fingerprint density at radius 1 is 0.783 bits per heavy atom. The van der Waals surface area contributed by atoms with E-state index in [4.69, 9.17) is 0 Å². The van der Waals surface area contributed by atoms with Gasteiger partial charge in [0.15, 0.2) is 0 Å². The Bertz CT molecular complexity index is 269. The Morgan fingerprint density at radius 3 is 1.96 bits per heavy atom. The van der Waals surface area contributed by atoms with Gasteiger partial charge >= 0.3 is 0 Å². The number of hydrogen-bond donors (Lipinski definition) is 0. The molecule has 0 saturated heterocycles. The second-order valence-corrected chi connectivity index (χ2v) is 9.08. The van der Waals surface area contributed by atoms with Crippen LogP contribution in [0.2, 0.25) is 0 Å². The minimum absolute atomic E-state index is 0.567. The van der Waals surface area contributed by atoms with E-state index in [0.717, 1.165) is 23.7 Å². The highest BCUT2D eigenvalue weighted by molar-refractivity contribution is 4.79. The Hall–Kier alpha value is 0. The fraction of sp³-hybridized carbons (Fsp3) is 1.00. The van der Waals surface area contributed by atoms with Crippen LogP contribution in [0.15, 0.2) is 0 Å². The maximum atomic E-state index is 2.55. The standard InChI is InChI=1S/C23H48/c1-9-12-13-14-17-23(8,11-3)18-21(6)22(7)20(5)16-15-19(4)10-2/h19-22H,9-18H2,1-8H3. The van der Waals surface area contributed by atoms with Crippen LogP contribution in [-0.2, 0) is 0 Å². The molecule has 0 bridgehead atoms. The molecule has 0 aromatic carbocycles. The van der Waals surface area contributed by atoms with Gasteiger partial charge < -0.3 is 0 Å². The maximum absolute atomic E-state index is 2.55. The van der Waals surface area contributed by atoms with Crippen molar-refractivity contribution < 1.29 is 0 Å². The van der Waals surface area contributed by atoms with E-state index in [0.29, 0.717) is 5.41 Å². The van der Waals surface area contributed by atoms with Crippen LogP contribution in [0.5, 0.6) is 0 Å². The van der Waals surface area contributed by atoms with Crippen molar-refractivity contribution in [2.45, 2.75) is 120 Å². The summed E-state index contributed by atoms with van der Waals surface area (Å²) in [5.41, 5.74) is 0.567. The molecule has 0 aromatic rings. The van der Waals surface area contributed by atoms with Crippen LogP contribution in [0.1, 0.15) is 120 Å². The lowest BCUT2D eigenvalue weighted by Gasteiger charge is -2.36. The van der Waals surface area contributed by atoms with E-state index in [1.807, 2.05) is 0 Å². The molecule has 0 nitrogen and oxygen atoms in total. The molecule has 0 aliphatic heterocycles. The van der Waals surface area contributed by atoms with Gasteiger partial charge in [0.05, 0.1) is 0 Å². The zero-order valence-electron chi connectivity index (χ0n) is 17.9. The normalized spacial score (nSPS) is 19.8. The molecule has 0 fully saturated rings. The predicted molar refractivity (Wildman–Crippen MR) is 108 cm³/mol. The lowest BCUT2D eigenvalue weighted by Crippen LogP contribution is -2.25. The van der Waals surface area contributed by atoms with E-state index in [-0.39, 0.29) is 0 Å². The summed E-state index contributed by atoms with van der Waals surface area (Å²) in [5.74, 6) is 3.50. The van der Waals surface area contributed by atoms with Crippen molar-refractivity contribution in [2.24, 2.45) is 29.1 Å². The summed E-state index contributed by atoms with van der Waals surface area (Å²) in [5, 5.41) is 0. The van der Waals surface area contributed by atoms with E-state index in [2.05, 4.69) is 55.4 Å². The SMILES string of the molecule is CCCCCCC(C)(CC)CC(C)C(C)C(C)CCC(C)CC. The van der Waals surface area contributed by atoms with Gasteiger partial charge in [-0.2, -0.15) is 0 Å². The lowest BCUT2D eigenvalue weighted by atomic mass is 9.70. The van der Waals surface area contributed by atoms with Crippen molar-refractivity contribution >= 4 is 0 Å². The summed E-state index contributed by atoms with van der Waals surface area (Å²) in [6.07, 6.45) is 14.0. The van der Waals surface area contributed by atoms with Gasteiger partial charge in [-0.15, -0.1) is 0 Å². The highest BCUT2D eigenvalue weighted by Gasteiger charge is 2.28. The molecule has 0 aliphatic rings. The Kier molecular flexibility index (Phi) is 12.4. The molecule has 0 aromatic heterocycles. The molecule has 0 radical (unpaired) electrons. The maximum Gasteiger partial charge on any atom is -0.0326 e. The molecule has 0 aliphatic carbocycles. The number of unbranched alkanes of at least 4 members (excludes halogenated alkanes) is 3. The molecular weight excluding hydrogens is 276 g/mol. The van der Waals surface area contributed by atoms with E-state index < -0.39 is 0 Å². The average molecular weight is 325 g/mol. The zero-order valence-corrected chi connectivity index (χ0v) is 17.9. The monoisotopic (exact) mass is 324 g/mol. The first-order valence-electron chi connectivity index (χ1n) is 10.8. The molecule has 0 amide bonds. The summed E-state index contributed by atoms with van der Waals surface area (Å²) in [6, 6.07) is 0. The van der Waals surface area contributed by atoms with Crippen LogP contribution in [0.25, 0.3) is 0 Å². The fourth-order valence-corrected chi connectivity index (χ4v) is 3.94. The molecule has 0 spiro atoms. The quantitative estimate of drug-likeness (QED) is 0.281. The minimum Gasteiger partial charge on any atom is -0.0654 e. The molecule has 0 rings (SSSR count). The summed E-state index contributed by atoms with van der Waals surface area (Å²) in [4.78, 5) is 0. The zero-order chi connectivity index (χ0) is 17.9. The largest absolute Gasteiger partial charge is 0.0654 e. The third-order valence-electron chi connectivity index (χ3n) is 6.91. The van der Waals surface area contributed by atoms with Crippen molar-refractivity contribution in [3.63, 3.8) is 0 Å². The second kappa shape index (κ2) is 12.4. The summed E-state index contributed by atoms with van der Waals surface area (Å²) < 4.78 is 0. The van der Waals surface area contributed by atoms with Crippen molar-refractivity contribution in [1.82, 2.24) is 0 Å². The number of hydrogen-bond acceptors (Lipinski definition) is 0. The van der Waals surface area contributed by atoms with Gasteiger partial charge in [0.2, 0.25) is 0 Å². The first-order valence-corrected chi connectivity index (χ1v) is 10.8. The van der Waals surface area contributed by atoms with E-state index in [1.165, 1.54) is 64.2 Å². The first-order chi connectivity index (χ1) is 10.8. The fourth-order valence-electron chi connectivity index (χ4n) is 3.94. The molecule has 0 heterocycles. The third kappa shape index (κ3) is 9.78. The average Bonchev–Trinajstić information content (AvgIpc) is 2.55.